The van der Waals surface area contributed by atoms with Crippen molar-refractivity contribution in [3.63, 3.8) is 0 Å². The van der Waals surface area contributed by atoms with Crippen LogP contribution >= 0.6 is 0 Å². The van der Waals surface area contributed by atoms with Crippen molar-refractivity contribution < 1.29 is 38.7 Å². The number of unbranched alkanes of at least 4 members (excludes halogenated alkanes) is 5. The average molecular weight is 478 g/mol. The molecule has 30 heavy (non-hydrogen) atoms. The van der Waals surface area contributed by atoms with Gasteiger partial charge in [-0.05, 0) is 18.6 Å². The summed E-state index contributed by atoms with van der Waals surface area (Å²) < 4.78 is 88.9. The van der Waals surface area contributed by atoms with Crippen molar-refractivity contribution in [2.75, 3.05) is 27.7 Å². The van der Waals surface area contributed by atoms with Gasteiger partial charge in [-0.2, -0.15) is 21.6 Å². The molecular formula is C18H30F3NO6S2. The minimum absolute atomic E-state index is 0.232. The first-order valence-corrected chi connectivity index (χ1v) is 12.2. The molecule has 0 atom stereocenters. The molecule has 0 heterocycles. The Hall–Kier alpha value is -1.21. The summed E-state index contributed by atoms with van der Waals surface area (Å²) in [5.74, 6) is 0. The van der Waals surface area contributed by atoms with Crippen LogP contribution in [0.4, 0.5) is 18.9 Å². The summed E-state index contributed by atoms with van der Waals surface area (Å²) >= 11 is 0. The van der Waals surface area contributed by atoms with E-state index >= 15 is 0 Å². The zero-order chi connectivity index (χ0) is 23.6. The molecule has 0 N–H and O–H groups in total. The molecule has 12 heteroatoms. The lowest BCUT2D eigenvalue weighted by molar-refractivity contribution is -0.0517. The van der Waals surface area contributed by atoms with E-state index in [0.29, 0.717) is 4.48 Å². The van der Waals surface area contributed by atoms with Crippen molar-refractivity contribution in [2.45, 2.75) is 55.9 Å². The van der Waals surface area contributed by atoms with E-state index in [-0.39, 0.29) is 11.5 Å². The van der Waals surface area contributed by atoms with Gasteiger partial charge in [-0.15, -0.1) is 0 Å². The van der Waals surface area contributed by atoms with E-state index in [9.17, 15) is 21.6 Å². The molecule has 0 bridgehead atoms. The molecule has 0 unspecified atom stereocenters. The third kappa shape index (κ3) is 11.3. The Morgan fingerprint density at radius 3 is 1.73 bits per heavy atom. The number of nitrogens with zero attached hydrogens (tertiary/aromatic N) is 1. The minimum Gasteiger partial charge on any atom is -0.741 e. The first-order chi connectivity index (χ1) is 13.5. The maximum atomic E-state index is 12.1. The topological polar surface area (TPSA) is 101 Å². The first kappa shape index (κ1) is 28.8. The van der Waals surface area contributed by atoms with Crippen LogP contribution < -0.4 is 4.48 Å². The third-order valence-corrected chi connectivity index (χ3v) is 5.81. The molecular weight excluding hydrogens is 447 g/mol. The molecule has 1 aromatic rings. The summed E-state index contributed by atoms with van der Waals surface area (Å²) in [6.45, 7) is 2.45. The molecule has 0 aliphatic carbocycles. The van der Waals surface area contributed by atoms with Crippen LogP contribution in [0.3, 0.4) is 0 Å². The third-order valence-electron chi connectivity index (χ3n) is 3.92. The molecule has 0 aliphatic heterocycles. The SMILES string of the molecule is CCCCCCCCOS(=O)(=O)c1ccc([N+](C)(C)C)cc1.O=S(=O)([O-])C(F)(F)F. The van der Waals surface area contributed by atoms with E-state index in [2.05, 4.69) is 6.92 Å². The van der Waals surface area contributed by atoms with Gasteiger partial charge in [-0.3, -0.25) is 8.67 Å². The molecule has 1 rings (SSSR count). The second-order valence-electron chi connectivity index (χ2n) is 7.45. The summed E-state index contributed by atoms with van der Waals surface area (Å²) in [6.07, 6.45) is 6.65. The fraction of sp³-hybridized carbons (Fsp3) is 0.667. The minimum atomic E-state index is -6.09. The lowest BCUT2D eigenvalue weighted by Crippen LogP contribution is -2.34. The molecule has 7 nitrogen and oxygen atoms in total. The number of benzene rings is 1. The molecule has 0 aromatic heterocycles. The Kier molecular flexibility index (Phi) is 11.5. The second kappa shape index (κ2) is 12.0. The number of hydrogen-bond acceptors (Lipinski definition) is 6. The van der Waals surface area contributed by atoms with Crippen LogP contribution in [0.15, 0.2) is 29.2 Å². The molecule has 0 saturated heterocycles. The van der Waals surface area contributed by atoms with E-state index in [1.807, 2.05) is 33.3 Å². The molecule has 0 amide bonds. The standard InChI is InChI=1S/C17H30NO3S.CHF3O3S/c1-5-6-7-8-9-10-15-21-22(19,20)17-13-11-16(12-14-17)18(2,3)4;2-1(3,4)8(5,6)7/h11-14H,5-10,15H2,1-4H3;(H,5,6,7)/q+1;/p-1. The Morgan fingerprint density at radius 1 is 0.900 bits per heavy atom. The summed E-state index contributed by atoms with van der Waals surface area (Å²) in [4.78, 5) is 0.232. The number of hydrogen-bond donors (Lipinski definition) is 0. The predicted octanol–water partition coefficient (Wildman–Crippen LogP) is 4.00. The zero-order valence-electron chi connectivity index (χ0n) is 17.6. The van der Waals surface area contributed by atoms with Gasteiger partial charge < -0.3 is 4.55 Å². The Bertz CT molecular complexity index is 830. The van der Waals surface area contributed by atoms with Gasteiger partial charge in [0.05, 0.1) is 32.6 Å². The van der Waals surface area contributed by atoms with Gasteiger partial charge in [0.25, 0.3) is 10.1 Å². The van der Waals surface area contributed by atoms with Crippen LogP contribution in [0.25, 0.3) is 0 Å². The highest BCUT2D eigenvalue weighted by Crippen LogP contribution is 2.21. The van der Waals surface area contributed by atoms with Crippen LogP contribution in [0, 0.1) is 0 Å². The monoisotopic (exact) mass is 477 g/mol. The predicted molar refractivity (Wildman–Crippen MR) is 108 cm³/mol. The summed E-state index contributed by atoms with van der Waals surface area (Å²) in [5.41, 5.74) is -4.60. The van der Waals surface area contributed by atoms with Gasteiger partial charge in [0.15, 0.2) is 10.1 Å². The number of halogens is 3. The van der Waals surface area contributed by atoms with Crippen LogP contribution in [0.1, 0.15) is 45.4 Å². The van der Waals surface area contributed by atoms with Crippen molar-refractivity contribution in [3.8, 4) is 0 Å². The lowest BCUT2D eigenvalue weighted by Gasteiger charge is -2.23. The van der Waals surface area contributed by atoms with Crippen LogP contribution in [0.2, 0.25) is 0 Å². The first-order valence-electron chi connectivity index (χ1n) is 9.36. The Balaban J connectivity index is 0.000000890. The summed E-state index contributed by atoms with van der Waals surface area (Å²) in [6, 6.07) is 6.91. The molecule has 176 valence electrons. The Morgan fingerprint density at radius 2 is 1.33 bits per heavy atom. The van der Waals surface area contributed by atoms with E-state index in [4.69, 9.17) is 17.2 Å². The smallest absolute Gasteiger partial charge is 0.485 e. The van der Waals surface area contributed by atoms with Gasteiger partial charge in [0.1, 0.15) is 5.69 Å². The Labute approximate surface area is 177 Å². The summed E-state index contributed by atoms with van der Waals surface area (Å²) in [7, 11) is -3.60. The van der Waals surface area contributed by atoms with Crippen LogP contribution in [-0.4, -0.2) is 54.6 Å². The second-order valence-corrected chi connectivity index (χ2v) is 10.4. The van der Waals surface area contributed by atoms with Gasteiger partial charge in [0, 0.05) is 12.1 Å². The fourth-order valence-electron chi connectivity index (χ4n) is 2.18. The molecule has 0 fully saturated rings. The van der Waals surface area contributed by atoms with Crippen LogP contribution in [-0.2, 0) is 24.4 Å². The molecule has 1 aromatic carbocycles. The zero-order valence-corrected chi connectivity index (χ0v) is 19.2. The van der Waals surface area contributed by atoms with Crippen LogP contribution in [0.5, 0.6) is 0 Å². The highest BCUT2D eigenvalue weighted by Gasteiger charge is 2.36. The fourth-order valence-corrected chi connectivity index (χ4v) is 3.12. The average Bonchev–Trinajstić information content (AvgIpc) is 2.59. The van der Waals surface area contributed by atoms with Gasteiger partial charge in [0.2, 0.25) is 0 Å². The molecule has 0 radical (unpaired) electrons. The van der Waals surface area contributed by atoms with Crippen molar-refractivity contribution in [1.82, 2.24) is 4.48 Å². The van der Waals surface area contributed by atoms with Crippen molar-refractivity contribution >= 4 is 25.9 Å². The van der Waals surface area contributed by atoms with Crippen molar-refractivity contribution in [2.24, 2.45) is 0 Å². The van der Waals surface area contributed by atoms with E-state index in [1.165, 1.54) is 19.3 Å². The molecule has 0 saturated carbocycles. The van der Waals surface area contributed by atoms with E-state index in [1.54, 1.807) is 12.1 Å². The number of alkyl halides is 3. The summed E-state index contributed by atoms with van der Waals surface area (Å²) in [5, 5.41) is 0. The van der Waals surface area contributed by atoms with E-state index in [0.717, 1.165) is 24.9 Å². The maximum absolute atomic E-state index is 12.1. The van der Waals surface area contributed by atoms with Gasteiger partial charge in [-0.1, -0.05) is 39.0 Å². The van der Waals surface area contributed by atoms with Gasteiger partial charge in [-0.25, -0.2) is 8.42 Å². The molecule has 0 aliphatic rings. The number of rotatable bonds is 10. The van der Waals surface area contributed by atoms with Crippen molar-refractivity contribution in [3.05, 3.63) is 24.3 Å². The normalized spacial score (nSPS) is 12.9. The van der Waals surface area contributed by atoms with Gasteiger partial charge >= 0.3 is 5.51 Å². The highest BCUT2D eigenvalue weighted by molar-refractivity contribution is 7.87. The maximum Gasteiger partial charge on any atom is 0.485 e. The van der Waals surface area contributed by atoms with Crippen molar-refractivity contribution in [1.29, 1.82) is 0 Å². The number of quaternary nitrogens is 1. The van der Waals surface area contributed by atoms with E-state index < -0.39 is 25.7 Å². The largest absolute Gasteiger partial charge is 0.741 e. The quantitative estimate of drug-likeness (QED) is 0.166. The lowest BCUT2D eigenvalue weighted by atomic mass is 10.1. The molecule has 0 spiro atoms. The highest BCUT2D eigenvalue weighted by atomic mass is 32.2.